The van der Waals surface area contributed by atoms with Crippen molar-refractivity contribution in [3.63, 3.8) is 0 Å². The van der Waals surface area contributed by atoms with Gasteiger partial charge in [-0.25, -0.2) is 4.79 Å². The van der Waals surface area contributed by atoms with Crippen molar-refractivity contribution >= 4 is 25.7 Å². The van der Waals surface area contributed by atoms with Gasteiger partial charge < -0.3 is 19.7 Å². The summed E-state index contributed by atoms with van der Waals surface area (Å²) >= 11 is 0. The number of urea groups is 1. The summed E-state index contributed by atoms with van der Waals surface area (Å²) in [5.41, 5.74) is 4.17. The smallest absolute Gasteiger partial charge is 0.317 e. The summed E-state index contributed by atoms with van der Waals surface area (Å²) in [6.07, 6.45) is 2.47. The monoisotopic (exact) mass is 564 g/mol. The number of likely N-dealkylation sites (tertiary alicyclic amines) is 1. The molecule has 0 aromatic heterocycles. The maximum atomic E-state index is 13.8. The summed E-state index contributed by atoms with van der Waals surface area (Å²) in [5.74, 6) is 1.08. The van der Waals surface area contributed by atoms with Crippen LogP contribution in [0.2, 0.25) is 25.7 Å². The van der Waals surface area contributed by atoms with Gasteiger partial charge in [0.05, 0.1) is 11.1 Å². The summed E-state index contributed by atoms with van der Waals surface area (Å²) in [6.45, 7) is 12.6. The third kappa shape index (κ3) is 6.06. The van der Waals surface area contributed by atoms with Gasteiger partial charge in [-0.1, -0.05) is 43.9 Å². The Bertz CT molecular complexity index is 1220. The van der Waals surface area contributed by atoms with Gasteiger partial charge in [-0.05, 0) is 73.3 Å². The first-order valence-corrected chi connectivity index (χ1v) is 18.3. The Labute approximate surface area is 239 Å². The van der Waals surface area contributed by atoms with Gasteiger partial charge in [0, 0.05) is 41.4 Å². The van der Waals surface area contributed by atoms with Gasteiger partial charge in [0.25, 0.3) is 0 Å². The summed E-state index contributed by atoms with van der Waals surface area (Å²) < 4.78 is 12.2. The number of hydrogen-bond acceptors (Lipinski definition) is 5. The second kappa shape index (κ2) is 11.9. The van der Waals surface area contributed by atoms with Gasteiger partial charge in [-0.15, -0.1) is 0 Å². The Morgan fingerprint density at radius 3 is 2.55 bits per heavy atom. The van der Waals surface area contributed by atoms with Crippen molar-refractivity contribution in [2.45, 2.75) is 56.9 Å². The van der Waals surface area contributed by atoms with Crippen molar-refractivity contribution < 1.29 is 19.1 Å². The van der Waals surface area contributed by atoms with Crippen molar-refractivity contribution in [3.05, 3.63) is 59.2 Å². The highest BCUT2D eigenvalue weighted by Gasteiger charge is 2.51. The number of carbonyl (C=O) groups is 2. The van der Waals surface area contributed by atoms with Crippen LogP contribution in [-0.4, -0.2) is 83.0 Å². The molecule has 2 aromatic rings. The molecular weight excluding hydrogens is 520 g/mol. The number of rotatable bonds is 9. The second-order valence-electron chi connectivity index (χ2n) is 12.5. The second-order valence-corrected chi connectivity index (χ2v) is 18.1. The number of piperidine rings is 1. The predicted octanol–water partition coefficient (Wildman–Crippen LogP) is 4.46. The number of hydrogen-bond donors (Lipinski definition) is 1. The van der Waals surface area contributed by atoms with Gasteiger partial charge in [-0.3, -0.25) is 14.6 Å². The van der Waals surface area contributed by atoms with Crippen molar-refractivity contribution in [2.24, 2.45) is 0 Å². The third-order valence-corrected chi connectivity index (χ3v) is 10.4. The highest BCUT2D eigenvalue weighted by molar-refractivity contribution is 6.76. The van der Waals surface area contributed by atoms with Crippen LogP contribution >= 0.6 is 0 Å². The number of fused-ring (bicyclic) bond motifs is 3. The first-order valence-electron chi connectivity index (χ1n) is 14.6. The maximum Gasteiger partial charge on any atom is 0.317 e. The van der Waals surface area contributed by atoms with Crippen LogP contribution < -0.4 is 15.0 Å². The van der Waals surface area contributed by atoms with E-state index in [0.717, 1.165) is 68.5 Å². The SMILES string of the molecule is CNC(=O)N1CCc2cc(OCCN3CCC4(CC3)C(=O)N(COCC[Si](C)(C)C)c3ccccc34)ccc2C1. The molecule has 1 N–H and O–H groups in total. The fraction of sp³-hybridized carbons (Fsp3) is 0.548. The minimum atomic E-state index is -1.18. The Morgan fingerprint density at radius 2 is 1.80 bits per heavy atom. The average molecular weight is 565 g/mol. The van der Waals surface area contributed by atoms with Crippen LogP contribution in [0.5, 0.6) is 5.75 Å². The van der Waals surface area contributed by atoms with Crippen molar-refractivity contribution in [1.29, 1.82) is 0 Å². The number of benzene rings is 2. The number of anilines is 1. The predicted molar refractivity (Wildman–Crippen MR) is 161 cm³/mol. The number of para-hydroxylation sites is 1. The lowest BCUT2D eigenvalue weighted by molar-refractivity contribution is -0.126. The number of amides is 3. The van der Waals surface area contributed by atoms with Crippen LogP contribution in [0.25, 0.3) is 0 Å². The largest absolute Gasteiger partial charge is 0.492 e. The molecule has 2 aromatic carbocycles. The summed E-state index contributed by atoms with van der Waals surface area (Å²) in [6, 6.07) is 15.5. The zero-order valence-electron chi connectivity index (χ0n) is 24.5. The Hall–Kier alpha value is -2.88. The van der Waals surface area contributed by atoms with E-state index in [9.17, 15) is 9.59 Å². The lowest BCUT2D eigenvalue weighted by atomic mass is 9.73. The number of carbonyl (C=O) groups excluding carboxylic acids is 2. The zero-order chi connectivity index (χ0) is 28.3. The first-order chi connectivity index (χ1) is 19.2. The Kier molecular flexibility index (Phi) is 8.54. The van der Waals surface area contributed by atoms with E-state index in [2.05, 4.69) is 60.2 Å². The lowest BCUT2D eigenvalue weighted by Gasteiger charge is -2.38. The highest BCUT2D eigenvalue weighted by Crippen LogP contribution is 2.47. The third-order valence-electron chi connectivity index (χ3n) is 8.66. The van der Waals surface area contributed by atoms with Gasteiger partial charge in [-0.2, -0.15) is 0 Å². The highest BCUT2D eigenvalue weighted by atomic mass is 28.3. The van der Waals surface area contributed by atoms with E-state index in [4.69, 9.17) is 9.47 Å². The molecule has 1 spiro atoms. The summed E-state index contributed by atoms with van der Waals surface area (Å²) in [5, 5.41) is 2.71. The molecule has 1 saturated heterocycles. The fourth-order valence-corrected chi connectivity index (χ4v) is 6.90. The minimum absolute atomic E-state index is 0.0319. The van der Waals surface area contributed by atoms with Crippen LogP contribution in [-0.2, 0) is 27.9 Å². The average Bonchev–Trinajstić information content (AvgIpc) is 3.17. The fourth-order valence-electron chi connectivity index (χ4n) is 6.14. The zero-order valence-corrected chi connectivity index (χ0v) is 25.5. The van der Waals surface area contributed by atoms with E-state index in [1.165, 1.54) is 11.1 Å². The maximum absolute atomic E-state index is 13.8. The standard InChI is InChI=1S/C31H44N4O4Si/c1-32-30(37)34-14-11-24-21-26(10-9-25(24)22-34)39-18-17-33-15-12-31(13-16-33)27-7-5-6-8-28(27)35(29(31)36)23-38-19-20-40(2,3)4/h5-10,21H,11-20,22-23H2,1-4H3,(H,32,37). The normalized spacial score (nSPS) is 18.6. The molecule has 9 heteroatoms. The topological polar surface area (TPSA) is 74.4 Å². The molecule has 216 valence electrons. The number of nitrogens with one attached hydrogen (secondary N) is 1. The first kappa shape index (κ1) is 28.6. The molecule has 40 heavy (non-hydrogen) atoms. The van der Waals surface area contributed by atoms with Crippen molar-refractivity contribution in [3.8, 4) is 5.75 Å². The molecule has 5 rings (SSSR count). The molecule has 0 unspecified atom stereocenters. The molecule has 0 bridgehead atoms. The van der Waals surface area contributed by atoms with E-state index in [-0.39, 0.29) is 11.9 Å². The van der Waals surface area contributed by atoms with Crippen LogP contribution in [0.4, 0.5) is 10.5 Å². The molecule has 3 aliphatic rings. The van der Waals surface area contributed by atoms with Gasteiger partial charge in [0.2, 0.25) is 5.91 Å². The van der Waals surface area contributed by atoms with E-state index in [1.54, 1.807) is 7.05 Å². The Morgan fingerprint density at radius 1 is 1.02 bits per heavy atom. The van der Waals surface area contributed by atoms with Crippen molar-refractivity contribution in [2.75, 3.05) is 58.1 Å². The molecule has 0 saturated carbocycles. The van der Waals surface area contributed by atoms with Crippen molar-refractivity contribution in [1.82, 2.24) is 15.1 Å². The van der Waals surface area contributed by atoms with Crippen LogP contribution in [0.15, 0.2) is 42.5 Å². The molecule has 3 aliphatic heterocycles. The van der Waals surface area contributed by atoms with Crippen LogP contribution in [0.3, 0.4) is 0 Å². The van der Waals surface area contributed by atoms with E-state index in [1.807, 2.05) is 21.9 Å². The Balaban J connectivity index is 1.13. The molecule has 0 radical (unpaired) electrons. The lowest BCUT2D eigenvalue weighted by Crippen LogP contribution is -2.49. The molecule has 0 aliphatic carbocycles. The summed E-state index contributed by atoms with van der Waals surface area (Å²) in [4.78, 5) is 31.9. The van der Waals surface area contributed by atoms with Gasteiger partial charge in [0.1, 0.15) is 19.1 Å². The van der Waals surface area contributed by atoms with Crippen LogP contribution in [0, 0.1) is 0 Å². The van der Waals surface area contributed by atoms with E-state index >= 15 is 0 Å². The van der Waals surface area contributed by atoms with E-state index < -0.39 is 13.5 Å². The summed E-state index contributed by atoms with van der Waals surface area (Å²) in [7, 11) is 0.493. The number of ether oxygens (including phenoxy) is 2. The van der Waals surface area contributed by atoms with Gasteiger partial charge in [0.15, 0.2) is 0 Å². The molecule has 1 fully saturated rings. The van der Waals surface area contributed by atoms with Gasteiger partial charge >= 0.3 is 6.03 Å². The van der Waals surface area contributed by atoms with Crippen LogP contribution in [0.1, 0.15) is 29.5 Å². The quantitative estimate of drug-likeness (QED) is 0.360. The molecule has 8 nitrogen and oxygen atoms in total. The minimum Gasteiger partial charge on any atom is -0.492 e. The van der Waals surface area contributed by atoms with E-state index in [0.29, 0.717) is 26.5 Å². The molecule has 0 atom stereocenters. The molecule has 3 heterocycles. The molecule has 3 amide bonds. The number of nitrogens with zero attached hydrogens (tertiary/aromatic N) is 3. The molecular formula is C31H44N4O4Si.